The molecule has 0 bridgehead atoms. The van der Waals surface area contributed by atoms with Crippen LogP contribution in [0.5, 0.6) is 0 Å². The first kappa shape index (κ1) is 14.2. The van der Waals surface area contributed by atoms with Crippen LogP contribution in [-0.2, 0) is 0 Å². The van der Waals surface area contributed by atoms with Gasteiger partial charge in [-0.15, -0.1) is 0 Å². The molecule has 0 aliphatic rings. The average molecular weight is 363 g/mol. The van der Waals surface area contributed by atoms with Crippen LogP contribution in [0.4, 0.5) is 17.1 Å². The molecule has 5 heteroatoms. The molecule has 0 saturated carbocycles. The molecule has 3 nitrogen and oxygen atoms in total. The van der Waals surface area contributed by atoms with Gasteiger partial charge in [0.1, 0.15) is 0 Å². The Morgan fingerprint density at radius 1 is 1.10 bits per heavy atom. The van der Waals surface area contributed by atoms with Gasteiger partial charge >= 0.3 is 0 Å². The Hall–Kier alpha value is -1.78. The van der Waals surface area contributed by atoms with E-state index in [2.05, 4.69) is 26.2 Å². The van der Waals surface area contributed by atoms with Crippen LogP contribution in [-0.4, -0.2) is 4.98 Å². The molecular weight excluding hydrogens is 350 g/mol. The van der Waals surface area contributed by atoms with Gasteiger partial charge in [-0.3, -0.25) is 4.98 Å². The van der Waals surface area contributed by atoms with Gasteiger partial charge in [-0.25, -0.2) is 0 Å². The molecular formula is C16H13BrClN3. The Morgan fingerprint density at radius 2 is 1.90 bits per heavy atom. The fourth-order valence-corrected chi connectivity index (χ4v) is 3.00. The van der Waals surface area contributed by atoms with Crippen LogP contribution < -0.4 is 11.1 Å². The number of anilines is 3. The van der Waals surface area contributed by atoms with Gasteiger partial charge in [0, 0.05) is 32.0 Å². The number of halogens is 2. The van der Waals surface area contributed by atoms with Crippen molar-refractivity contribution in [2.45, 2.75) is 6.92 Å². The third-order valence-corrected chi connectivity index (χ3v) is 4.05. The van der Waals surface area contributed by atoms with E-state index in [1.165, 1.54) is 0 Å². The van der Waals surface area contributed by atoms with Gasteiger partial charge in [-0.05, 0) is 65.3 Å². The molecule has 3 aromatic rings. The number of nitrogen functional groups attached to an aromatic ring is 1. The predicted molar refractivity (Wildman–Crippen MR) is 93.3 cm³/mol. The summed E-state index contributed by atoms with van der Waals surface area (Å²) in [4.78, 5) is 4.53. The van der Waals surface area contributed by atoms with Crippen molar-refractivity contribution < 1.29 is 0 Å². The molecule has 3 rings (SSSR count). The van der Waals surface area contributed by atoms with Crippen molar-refractivity contribution in [2.24, 2.45) is 0 Å². The number of fused-ring (bicyclic) bond motifs is 1. The number of nitrogens with two attached hydrogens (primary N) is 1. The first-order valence-corrected chi connectivity index (χ1v) is 7.59. The van der Waals surface area contributed by atoms with Crippen molar-refractivity contribution >= 4 is 55.5 Å². The van der Waals surface area contributed by atoms with E-state index in [-0.39, 0.29) is 0 Å². The zero-order valence-corrected chi connectivity index (χ0v) is 13.7. The molecule has 0 amide bonds. The van der Waals surface area contributed by atoms with E-state index in [0.717, 1.165) is 32.4 Å². The number of aryl methyl sites for hydroxylation is 1. The molecule has 0 radical (unpaired) electrons. The van der Waals surface area contributed by atoms with Crippen molar-refractivity contribution in [3.63, 3.8) is 0 Å². The summed E-state index contributed by atoms with van der Waals surface area (Å²) in [6, 6.07) is 13.3. The van der Waals surface area contributed by atoms with Crippen molar-refractivity contribution in [3.8, 4) is 0 Å². The van der Waals surface area contributed by atoms with Crippen LogP contribution in [0.2, 0.25) is 5.02 Å². The summed E-state index contributed by atoms with van der Waals surface area (Å²) in [6.45, 7) is 1.97. The normalized spacial score (nSPS) is 10.8. The molecule has 0 fully saturated rings. The van der Waals surface area contributed by atoms with Crippen molar-refractivity contribution in [2.75, 3.05) is 11.1 Å². The predicted octanol–water partition coefficient (Wildman–Crippen LogP) is 5.28. The van der Waals surface area contributed by atoms with Crippen LogP contribution in [0.25, 0.3) is 10.9 Å². The molecule has 106 valence electrons. The molecule has 1 aromatic heterocycles. The number of pyridine rings is 1. The summed E-state index contributed by atoms with van der Waals surface area (Å²) in [5, 5.41) is 5.09. The number of aromatic nitrogens is 1. The molecule has 0 spiro atoms. The average Bonchev–Trinajstić information content (AvgIpc) is 2.42. The zero-order chi connectivity index (χ0) is 15.0. The Balaban J connectivity index is 2.13. The molecule has 1 heterocycles. The molecule has 0 unspecified atom stereocenters. The second-order valence-electron chi connectivity index (χ2n) is 4.84. The minimum absolute atomic E-state index is 0.687. The highest BCUT2D eigenvalue weighted by atomic mass is 79.9. The summed E-state index contributed by atoms with van der Waals surface area (Å²) < 4.78 is 0.904. The molecule has 0 aliphatic heterocycles. The third kappa shape index (κ3) is 2.96. The standard InChI is InChI=1S/C16H13BrClN3/c1-9-6-16(12-8-11(19)3-5-14(12)20-9)21-15-4-2-10(18)7-13(15)17/h2-8H,19H2,1H3,(H,20,21). The van der Waals surface area contributed by atoms with Crippen molar-refractivity contribution in [1.29, 1.82) is 0 Å². The first-order valence-electron chi connectivity index (χ1n) is 6.42. The topological polar surface area (TPSA) is 50.9 Å². The lowest BCUT2D eigenvalue weighted by molar-refractivity contribution is 1.25. The summed E-state index contributed by atoms with van der Waals surface area (Å²) in [5.74, 6) is 0. The van der Waals surface area contributed by atoms with Gasteiger partial charge in [-0.2, -0.15) is 0 Å². The Morgan fingerprint density at radius 3 is 2.67 bits per heavy atom. The van der Waals surface area contributed by atoms with Gasteiger partial charge in [0.25, 0.3) is 0 Å². The van der Waals surface area contributed by atoms with E-state index in [0.29, 0.717) is 10.7 Å². The Bertz CT molecular complexity index is 833. The summed E-state index contributed by atoms with van der Waals surface area (Å²) in [6.07, 6.45) is 0. The molecule has 0 aliphatic carbocycles. The van der Waals surface area contributed by atoms with Crippen LogP contribution >= 0.6 is 27.5 Å². The van der Waals surface area contributed by atoms with Gasteiger partial charge in [0.05, 0.1) is 11.2 Å². The third-order valence-electron chi connectivity index (χ3n) is 3.16. The smallest absolute Gasteiger partial charge is 0.0727 e. The minimum atomic E-state index is 0.687. The summed E-state index contributed by atoms with van der Waals surface area (Å²) in [7, 11) is 0. The van der Waals surface area contributed by atoms with Gasteiger partial charge < -0.3 is 11.1 Å². The lowest BCUT2D eigenvalue weighted by Crippen LogP contribution is -1.96. The fourth-order valence-electron chi connectivity index (χ4n) is 2.22. The highest BCUT2D eigenvalue weighted by Crippen LogP contribution is 2.32. The zero-order valence-electron chi connectivity index (χ0n) is 11.3. The number of nitrogens with one attached hydrogen (secondary N) is 1. The summed E-state index contributed by atoms with van der Waals surface area (Å²) >= 11 is 9.49. The van der Waals surface area contributed by atoms with E-state index >= 15 is 0 Å². The second-order valence-corrected chi connectivity index (χ2v) is 6.13. The second kappa shape index (κ2) is 5.54. The van der Waals surface area contributed by atoms with Gasteiger partial charge in [0.2, 0.25) is 0 Å². The minimum Gasteiger partial charge on any atom is -0.399 e. The van der Waals surface area contributed by atoms with Crippen molar-refractivity contribution in [3.05, 3.63) is 57.7 Å². The fraction of sp³-hybridized carbons (Fsp3) is 0.0625. The monoisotopic (exact) mass is 361 g/mol. The molecule has 0 atom stereocenters. The van der Waals surface area contributed by atoms with Crippen LogP contribution in [0, 0.1) is 6.92 Å². The van der Waals surface area contributed by atoms with E-state index in [1.54, 1.807) is 0 Å². The van der Waals surface area contributed by atoms with Crippen LogP contribution in [0.15, 0.2) is 46.9 Å². The number of hydrogen-bond donors (Lipinski definition) is 2. The quantitative estimate of drug-likeness (QED) is 0.609. The highest BCUT2D eigenvalue weighted by Gasteiger charge is 2.07. The molecule has 21 heavy (non-hydrogen) atoms. The van der Waals surface area contributed by atoms with Crippen LogP contribution in [0.3, 0.4) is 0 Å². The van der Waals surface area contributed by atoms with E-state index in [9.17, 15) is 0 Å². The van der Waals surface area contributed by atoms with Crippen molar-refractivity contribution in [1.82, 2.24) is 4.98 Å². The van der Waals surface area contributed by atoms with E-state index < -0.39 is 0 Å². The maximum Gasteiger partial charge on any atom is 0.0727 e. The van der Waals surface area contributed by atoms with E-state index in [4.69, 9.17) is 17.3 Å². The number of rotatable bonds is 2. The SMILES string of the molecule is Cc1cc(Nc2ccc(Cl)cc2Br)c2cc(N)ccc2n1. The van der Waals surface area contributed by atoms with Gasteiger partial charge in [0.15, 0.2) is 0 Å². The first-order chi connectivity index (χ1) is 10.0. The van der Waals surface area contributed by atoms with Gasteiger partial charge in [-0.1, -0.05) is 11.6 Å². The largest absolute Gasteiger partial charge is 0.399 e. The highest BCUT2D eigenvalue weighted by molar-refractivity contribution is 9.10. The Labute approximate surface area is 136 Å². The number of benzene rings is 2. The maximum absolute atomic E-state index is 5.98. The lowest BCUT2D eigenvalue weighted by atomic mass is 10.1. The van der Waals surface area contributed by atoms with Crippen LogP contribution in [0.1, 0.15) is 5.69 Å². The summed E-state index contributed by atoms with van der Waals surface area (Å²) in [5.41, 5.74) is 10.4. The number of hydrogen-bond acceptors (Lipinski definition) is 3. The Kier molecular flexibility index (Phi) is 3.74. The number of nitrogens with zero attached hydrogens (tertiary/aromatic N) is 1. The maximum atomic E-state index is 5.98. The molecule has 0 saturated heterocycles. The lowest BCUT2D eigenvalue weighted by Gasteiger charge is -2.13. The van der Waals surface area contributed by atoms with E-state index in [1.807, 2.05) is 49.4 Å². The molecule has 2 aromatic carbocycles. The molecule has 3 N–H and O–H groups in total.